The van der Waals surface area contributed by atoms with Gasteiger partial charge in [-0.25, -0.2) is 0 Å². The normalized spacial score (nSPS) is 18.5. The first-order chi connectivity index (χ1) is 9.51. The van der Waals surface area contributed by atoms with E-state index in [4.69, 9.17) is 4.42 Å². The highest BCUT2D eigenvalue weighted by atomic mass is 16.3. The molecular weight excluding hydrogens is 260 g/mol. The van der Waals surface area contributed by atoms with Crippen molar-refractivity contribution >= 4 is 11.8 Å². The van der Waals surface area contributed by atoms with Gasteiger partial charge in [0, 0.05) is 0 Å². The smallest absolute Gasteiger partial charge is 0.252 e. The third-order valence-electron chi connectivity index (χ3n) is 3.61. The SMILES string of the molecule is CC(NC(=O)C1(O)CCCC1)C(=O)NCc1ccco1. The van der Waals surface area contributed by atoms with E-state index in [0.717, 1.165) is 12.8 Å². The Kier molecular flexibility index (Phi) is 4.44. The van der Waals surface area contributed by atoms with Gasteiger partial charge in [-0.05, 0) is 44.7 Å². The van der Waals surface area contributed by atoms with E-state index in [2.05, 4.69) is 10.6 Å². The molecule has 1 fully saturated rings. The van der Waals surface area contributed by atoms with Crippen molar-refractivity contribution in [3.63, 3.8) is 0 Å². The summed E-state index contributed by atoms with van der Waals surface area (Å²) in [4.78, 5) is 23.8. The molecule has 1 unspecified atom stereocenters. The van der Waals surface area contributed by atoms with Crippen LogP contribution in [0.4, 0.5) is 0 Å². The summed E-state index contributed by atoms with van der Waals surface area (Å²) in [6.45, 7) is 1.87. The molecule has 0 saturated heterocycles. The third kappa shape index (κ3) is 3.39. The van der Waals surface area contributed by atoms with Crippen molar-refractivity contribution in [3.05, 3.63) is 24.2 Å². The number of amides is 2. The number of aliphatic hydroxyl groups is 1. The molecule has 0 aromatic carbocycles. The Balaban J connectivity index is 1.80. The Morgan fingerprint density at radius 3 is 2.75 bits per heavy atom. The molecule has 1 heterocycles. The molecule has 20 heavy (non-hydrogen) atoms. The van der Waals surface area contributed by atoms with Crippen LogP contribution >= 0.6 is 0 Å². The number of carbonyl (C=O) groups is 2. The van der Waals surface area contributed by atoms with Gasteiger partial charge in [0.25, 0.3) is 5.91 Å². The van der Waals surface area contributed by atoms with E-state index in [1.54, 1.807) is 19.1 Å². The summed E-state index contributed by atoms with van der Waals surface area (Å²) in [5.74, 6) is -0.127. The van der Waals surface area contributed by atoms with E-state index in [0.29, 0.717) is 18.6 Å². The van der Waals surface area contributed by atoms with Crippen molar-refractivity contribution in [2.45, 2.75) is 50.8 Å². The van der Waals surface area contributed by atoms with Crippen LogP contribution in [-0.4, -0.2) is 28.6 Å². The van der Waals surface area contributed by atoms with E-state index in [1.165, 1.54) is 6.26 Å². The molecule has 1 aromatic heterocycles. The molecule has 110 valence electrons. The summed E-state index contributed by atoms with van der Waals surface area (Å²) < 4.78 is 5.10. The fraction of sp³-hybridized carbons (Fsp3) is 0.571. The van der Waals surface area contributed by atoms with Crippen molar-refractivity contribution < 1.29 is 19.1 Å². The van der Waals surface area contributed by atoms with Gasteiger partial charge in [0.05, 0.1) is 12.8 Å². The first-order valence-corrected chi connectivity index (χ1v) is 6.85. The maximum absolute atomic E-state index is 12.0. The van der Waals surface area contributed by atoms with E-state index in [-0.39, 0.29) is 12.5 Å². The molecule has 3 N–H and O–H groups in total. The number of hydrogen-bond acceptors (Lipinski definition) is 4. The zero-order chi connectivity index (χ0) is 14.6. The van der Waals surface area contributed by atoms with Crippen LogP contribution in [0, 0.1) is 0 Å². The number of carbonyl (C=O) groups excluding carboxylic acids is 2. The summed E-state index contributed by atoms with van der Waals surface area (Å²) in [6.07, 6.45) is 4.12. The minimum atomic E-state index is -1.31. The van der Waals surface area contributed by atoms with Gasteiger partial charge in [-0.2, -0.15) is 0 Å². The monoisotopic (exact) mass is 280 g/mol. The molecule has 6 nitrogen and oxygen atoms in total. The zero-order valence-electron chi connectivity index (χ0n) is 11.5. The number of furan rings is 1. The van der Waals surface area contributed by atoms with Crippen LogP contribution in [0.25, 0.3) is 0 Å². The molecule has 2 rings (SSSR count). The van der Waals surface area contributed by atoms with Gasteiger partial charge in [0.2, 0.25) is 5.91 Å². The average molecular weight is 280 g/mol. The molecule has 0 spiro atoms. The summed E-state index contributed by atoms with van der Waals surface area (Å²) in [6, 6.07) is 2.80. The van der Waals surface area contributed by atoms with E-state index in [1.807, 2.05) is 0 Å². The maximum atomic E-state index is 12.0. The van der Waals surface area contributed by atoms with Crippen molar-refractivity contribution in [1.82, 2.24) is 10.6 Å². The summed E-state index contributed by atoms with van der Waals surface area (Å²) in [5, 5.41) is 15.3. The van der Waals surface area contributed by atoms with E-state index >= 15 is 0 Å². The second-order valence-corrected chi connectivity index (χ2v) is 5.23. The Morgan fingerprint density at radius 2 is 2.15 bits per heavy atom. The Morgan fingerprint density at radius 1 is 1.45 bits per heavy atom. The predicted octanol–water partition coefficient (Wildman–Crippen LogP) is 0.706. The molecule has 6 heteroatoms. The van der Waals surface area contributed by atoms with Crippen LogP contribution in [0.1, 0.15) is 38.4 Å². The zero-order valence-corrected chi connectivity index (χ0v) is 11.5. The van der Waals surface area contributed by atoms with Gasteiger partial charge in [0.1, 0.15) is 17.4 Å². The topological polar surface area (TPSA) is 91.6 Å². The van der Waals surface area contributed by atoms with Gasteiger partial charge < -0.3 is 20.2 Å². The van der Waals surface area contributed by atoms with Crippen LogP contribution in [0.15, 0.2) is 22.8 Å². The predicted molar refractivity (Wildman–Crippen MR) is 71.6 cm³/mol. The van der Waals surface area contributed by atoms with Crippen molar-refractivity contribution in [2.75, 3.05) is 0 Å². The minimum Gasteiger partial charge on any atom is -0.467 e. The Bertz CT molecular complexity index is 464. The molecule has 0 bridgehead atoms. The van der Waals surface area contributed by atoms with E-state index < -0.39 is 17.6 Å². The highest BCUT2D eigenvalue weighted by molar-refractivity contribution is 5.91. The minimum absolute atomic E-state index is 0.274. The van der Waals surface area contributed by atoms with Gasteiger partial charge in [-0.3, -0.25) is 9.59 Å². The maximum Gasteiger partial charge on any atom is 0.252 e. The molecular formula is C14H20N2O4. The van der Waals surface area contributed by atoms with Crippen LogP contribution in [0.5, 0.6) is 0 Å². The highest BCUT2D eigenvalue weighted by Crippen LogP contribution is 2.29. The standard InChI is InChI=1S/C14H20N2O4/c1-10(12(17)15-9-11-5-4-8-20-11)16-13(18)14(19)6-2-3-7-14/h4-5,8,10,19H,2-3,6-7,9H2,1H3,(H,15,17)(H,16,18). The Labute approximate surface area is 117 Å². The lowest BCUT2D eigenvalue weighted by Crippen LogP contribution is -2.52. The van der Waals surface area contributed by atoms with Gasteiger partial charge in [-0.1, -0.05) is 0 Å². The van der Waals surface area contributed by atoms with Gasteiger partial charge in [-0.15, -0.1) is 0 Å². The quantitative estimate of drug-likeness (QED) is 0.740. The van der Waals surface area contributed by atoms with Crippen LogP contribution < -0.4 is 10.6 Å². The number of nitrogens with one attached hydrogen (secondary N) is 2. The first-order valence-electron chi connectivity index (χ1n) is 6.85. The lowest BCUT2D eigenvalue weighted by Gasteiger charge is -2.23. The van der Waals surface area contributed by atoms with Crippen molar-refractivity contribution in [2.24, 2.45) is 0 Å². The molecule has 1 atom stereocenters. The second-order valence-electron chi connectivity index (χ2n) is 5.23. The third-order valence-corrected chi connectivity index (χ3v) is 3.61. The summed E-state index contributed by atoms with van der Waals surface area (Å²) in [5.41, 5.74) is -1.31. The average Bonchev–Trinajstić information content (AvgIpc) is 3.07. The van der Waals surface area contributed by atoms with E-state index in [9.17, 15) is 14.7 Å². The van der Waals surface area contributed by atoms with Crippen molar-refractivity contribution in [3.8, 4) is 0 Å². The number of hydrogen-bond donors (Lipinski definition) is 3. The summed E-state index contributed by atoms with van der Waals surface area (Å²) >= 11 is 0. The largest absolute Gasteiger partial charge is 0.467 e. The van der Waals surface area contributed by atoms with Crippen molar-refractivity contribution in [1.29, 1.82) is 0 Å². The first kappa shape index (κ1) is 14.6. The lowest BCUT2D eigenvalue weighted by molar-refractivity contribution is -0.141. The van der Waals surface area contributed by atoms with Gasteiger partial charge >= 0.3 is 0 Å². The van der Waals surface area contributed by atoms with Crippen LogP contribution in [-0.2, 0) is 16.1 Å². The van der Waals surface area contributed by atoms with Crippen LogP contribution in [0.3, 0.4) is 0 Å². The molecule has 1 aromatic rings. The van der Waals surface area contributed by atoms with Gasteiger partial charge in [0.15, 0.2) is 0 Å². The molecule has 1 aliphatic carbocycles. The Hall–Kier alpha value is -1.82. The summed E-state index contributed by atoms with van der Waals surface area (Å²) in [7, 11) is 0. The molecule has 0 aliphatic heterocycles. The lowest BCUT2D eigenvalue weighted by atomic mass is 10.0. The number of rotatable bonds is 5. The fourth-order valence-corrected chi connectivity index (χ4v) is 2.32. The molecule has 1 aliphatic rings. The van der Waals surface area contributed by atoms with Crippen LogP contribution in [0.2, 0.25) is 0 Å². The molecule has 0 radical (unpaired) electrons. The molecule has 2 amide bonds. The second kappa shape index (κ2) is 6.09. The highest BCUT2D eigenvalue weighted by Gasteiger charge is 2.39. The molecule has 1 saturated carbocycles. The fourth-order valence-electron chi connectivity index (χ4n) is 2.32.